The summed E-state index contributed by atoms with van der Waals surface area (Å²) in [6, 6.07) is 7.45. The van der Waals surface area contributed by atoms with E-state index in [4.69, 9.17) is 10.2 Å². The first-order valence-electron chi connectivity index (χ1n) is 5.74. The Balaban J connectivity index is 2.57. The third-order valence-corrected chi connectivity index (χ3v) is 2.88. The normalized spacial score (nSPS) is 10.7. The third-order valence-electron chi connectivity index (χ3n) is 2.88. The van der Waals surface area contributed by atoms with E-state index in [1.807, 2.05) is 18.2 Å². The Bertz CT molecular complexity index is 585. The van der Waals surface area contributed by atoms with Gasteiger partial charge in [-0.2, -0.15) is 0 Å². The number of fused-ring (bicyclic) bond motifs is 1. The van der Waals surface area contributed by atoms with Gasteiger partial charge in [0, 0.05) is 30.2 Å². The lowest BCUT2D eigenvalue weighted by molar-refractivity contribution is 0.564. The van der Waals surface area contributed by atoms with Gasteiger partial charge in [-0.05, 0) is 32.0 Å². The van der Waals surface area contributed by atoms with Gasteiger partial charge in [-0.25, -0.2) is 4.79 Å². The Labute approximate surface area is 99.6 Å². The van der Waals surface area contributed by atoms with Crippen molar-refractivity contribution in [1.29, 1.82) is 0 Å². The molecule has 90 valence electrons. The molecule has 1 aromatic carbocycles. The lowest BCUT2D eigenvalue weighted by Gasteiger charge is -2.20. The van der Waals surface area contributed by atoms with E-state index in [0.717, 1.165) is 24.2 Å². The van der Waals surface area contributed by atoms with Crippen LogP contribution in [0.3, 0.4) is 0 Å². The summed E-state index contributed by atoms with van der Waals surface area (Å²) in [6.07, 6.45) is 0. The van der Waals surface area contributed by atoms with Crippen LogP contribution in [0.5, 0.6) is 0 Å². The van der Waals surface area contributed by atoms with Crippen LogP contribution in [0.2, 0.25) is 0 Å². The van der Waals surface area contributed by atoms with Gasteiger partial charge in [-0.1, -0.05) is 0 Å². The molecular weight excluding hydrogens is 216 g/mol. The van der Waals surface area contributed by atoms with E-state index in [0.29, 0.717) is 5.58 Å². The molecule has 2 aromatic rings. The molecule has 0 saturated heterocycles. The number of hydrogen-bond donors (Lipinski definition) is 1. The van der Waals surface area contributed by atoms with Crippen molar-refractivity contribution >= 4 is 22.3 Å². The number of benzene rings is 1. The standard InChI is InChI=1S/C13H16N2O2/c1-3-15(4-2)10-6-5-9-7-11(14)13(16)17-12(9)8-10/h5-8H,3-4,14H2,1-2H3. The van der Waals surface area contributed by atoms with Crippen LogP contribution < -0.4 is 16.3 Å². The van der Waals surface area contributed by atoms with Gasteiger partial charge in [0.2, 0.25) is 0 Å². The second kappa shape index (κ2) is 4.49. The maximum absolute atomic E-state index is 11.3. The fourth-order valence-electron chi connectivity index (χ4n) is 1.90. The zero-order valence-corrected chi connectivity index (χ0v) is 10.1. The van der Waals surface area contributed by atoms with Crippen molar-refractivity contribution in [2.24, 2.45) is 0 Å². The molecule has 0 atom stereocenters. The Morgan fingerprint density at radius 2 is 1.94 bits per heavy atom. The molecule has 0 aliphatic rings. The number of nitrogen functional groups attached to an aromatic ring is 1. The molecule has 2 rings (SSSR count). The highest BCUT2D eigenvalue weighted by atomic mass is 16.4. The van der Waals surface area contributed by atoms with Gasteiger partial charge < -0.3 is 15.1 Å². The molecule has 0 bridgehead atoms. The van der Waals surface area contributed by atoms with Crippen LogP contribution in [-0.2, 0) is 0 Å². The van der Waals surface area contributed by atoms with Crippen LogP contribution >= 0.6 is 0 Å². The molecule has 4 heteroatoms. The van der Waals surface area contributed by atoms with E-state index in [9.17, 15) is 4.79 Å². The summed E-state index contributed by atoms with van der Waals surface area (Å²) in [5, 5.41) is 0.845. The zero-order chi connectivity index (χ0) is 12.4. The van der Waals surface area contributed by atoms with Crippen molar-refractivity contribution in [3.63, 3.8) is 0 Å². The monoisotopic (exact) mass is 232 g/mol. The quantitative estimate of drug-likeness (QED) is 0.824. The van der Waals surface area contributed by atoms with Crippen LogP contribution in [0.25, 0.3) is 11.0 Å². The van der Waals surface area contributed by atoms with Crippen molar-refractivity contribution in [2.75, 3.05) is 23.7 Å². The summed E-state index contributed by atoms with van der Waals surface area (Å²) in [5.41, 5.74) is 6.82. The third kappa shape index (κ3) is 2.11. The predicted octanol–water partition coefficient (Wildman–Crippen LogP) is 2.22. The summed E-state index contributed by atoms with van der Waals surface area (Å²) < 4.78 is 5.17. The second-order valence-corrected chi connectivity index (χ2v) is 3.88. The molecule has 17 heavy (non-hydrogen) atoms. The Morgan fingerprint density at radius 1 is 1.24 bits per heavy atom. The van der Waals surface area contributed by atoms with Crippen molar-refractivity contribution in [2.45, 2.75) is 13.8 Å². The molecule has 0 radical (unpaired) electrons. The number of anilines is 2. The predicted molar refractivity (Wildman–Crippen MR) is 70.5 cm³/mol. The van der Waals surface area contributed by atoms with Gasteiger partial charge in [0.05, 0.1) is 0 Å². The van der Waals surface area contributed by atoms with Gasteiger partial charge in [0.1, 0.15) is 11.3 Å². The molecule has 0 spiro atoms. The summed E-state index contributed by atoms with van der Waals surface area (Å²) in [5.74, 6) is 0. The van der Waals surface area contributed by atoms with Crippen molar-refractivity contribution in [1.82, 2.24) is 0 Å². The van der Waals surface area contributed by atoms with Crippen LogP contribution in [0.4, 0.5) is 11.4 Å². The Morgan fingerprint density at radius 3 is 2.59 bits per heavy atom. The topological polar surface area (TPSA) is 59.5 Å². The fourth-order valence-corrected chi connectivity index (χ4v) is 1.90. The van der Waals surface area contributed by atoms with E-state index in [1.54, 1.807) is 6.07 Å². The molecule has 0 aliphatic carbocycles. The van der Waals surface area contributed by atoms with E-state index in [1.165, 1.54) is 0 Å². The summed E-state index contributed by atoms with van der Waals surface area (Å²) in [7, 11) is 0. The number of hydrogen-bond acceptors (Lipinski definition) is 4. The Kier molecular flexibility index (Phi) is 3.04. The molecule has 2 N–H and O–H groups in total. The van der Waals surface area contributed by atoms with Crippen LogP contribution in [0, 0.1) is 0 Å². The minimum Gasteiger partial charge on any atom is -0.421 e. The largest absolute Gasteiger partial charge is 0.421 e. The summed E-state index contributed by atoms with van der Waals surface area (Å²) in [4.78, 5) is 13.5. The molecule has 4 nitrogen and oxygen atoms in total. The first kappa shape index (κ1) is 11.5. The van der Waals surface area contributed by atoms with Crippen molar-refractivity contribution in [3.05, 3.63) is 34.7 Å². The van der Waals surface area contributed by atoms with E-state index < -0.39 is 5.63 Å². The van der Waals surface area contributed by atoms with Crippen LogP contribution in [0.15, 0.2) is 33.5 Å². The van der Waals surface area contributed by atoms with Crippen molar-refractivity contribution in [3.8, 4) is 0 Å². The Hall–Kier alpha value is -1.97. The number of nitrogens with zero attached hydrogens (tertiary/aromatic N) is 1. The highest BCUT2D eigenvalue weighted by molar-refractivity contribution is 5.82. The van der Waals surface area contributed by atoms with Gasteiger partial charge in [0.25, 0.3) is 0 Å². The fraction of sp³-hybridized carbons (Fsp3) is 0.308. The molecule has 0 unspecified atom stereocenters. The minimum absolute atomic E-state index is 0.146. The van der Waals surface area contributed by atoms with E-state index in [-0.39, 0.29) is 5.69 Å². The second-order valence-electron chi connectivity index (χ2n) is 3.88. The summed E-state index contributed by atoms with van der Waals surface area (Å²) >= 11 is 0. The van der Waals surface area contributed by atoms with Gasteiger partial charge >= 0.3 is 5.63 Å². The maximum atomic E-state index is 11.3. The van der Waals surface area contributed by atoms with Gasteiger partial charge in [-0.15, -0.1) is 0 Å². The maximum Gasteiger partial charge on any atom is 0.359 e. The number of nitrogens with two attached hydrogens (primary N) is 1. The zero-order valence-electron chi connectivity index (χ0n) is 10.1. The first-order valence-corrected chi connectivity index (χ1v) is 5.74. The van der Waals surface area contributed by atoms with Crippen molar-refractivity contribution < 1.29 is 4.42 Å². The molecular formula is C13H16N2O2. The molecule has 0 amide bonds. The van der Waals surface area contributed by atoms with Crippen LogP contribution in [0.1, 0.15) is 13.8 Å². The molecule has 0 aliphatic heterocycles. The SMILES string of the molecule is CCN(CC)c1ccc2cc(N)c(=O)oc2c1. The lowest BCUT2D eigenvalue weighted by atomic mass is 10.2. The molecule has 1 aromatic heterocycles. The average Bonchev–Trinajstić information content (AvgIpc) is 2.32. The minimum atomic E-state index is -0.478. The van der Waals surface area contributed by atoms with E-state index >= 15 is 0 Å². The highest BCUT2D eigenvalue weighted by Crippen LogP contribution is 2.22. The highest BCUT2D eigenvalue weighted by Gasteiger charge is 2.06. The first-order chi connectivity index (χ1) is 8.15. The molecule has 0 fully saturated rings. The lowest BCUT2D eigenvalue weighted by Crippen LogP contribution is -2.21. The van der Waals surface area contributed by atoms with Gasteiger partial charge in [0.15, 0.2) is 0 Å². The molecule has 0 saturated carbocycles. The molecule has 1 heterocycles. The van der Waals surface area contributed by atoms with Crippen LogP contribution in [-0.4, -0.2) is 13.1 Å². The number of rotatable bonds is 3. The smallest absolute Gasteiger partial charge is 0.359 e. The van der Waals surface area contributed by atoms with E-state index in [2.05, 4.69) is 18.7 Å². The summed E-state index contributed by atoms with van der Waals surface area (Å²) in [6.45, 7) is 6.02. The average molecular weight is 232 g/mol. The van der Waals surface area contributed by atoms with Gasteiger partial charge in [-0.3, -0.25) is 0 Å².